The monoisotopic (exact) mass is 360 g/mol. The van der Waals surface area contributed by atoms with Gasteiger partial charge in [-0.3, -0.25) is 14.0 Å². The summed E-state index contributed by atoms with van der Waals surface area (Å²) in [4.78, 5) is 29.4. The zero-order valence-corrected chi connectivity index (χ0v) is 14.5. The van der Waals surface area contributed by atoms with Gasteiger partial charge in [-0.15, -0.1) is 0 Å². The lowest BCUT2D eigenvalue weighted by atomic mass is 10.1. The summed E-state index contributed by atoms with van der Waals surface area (Å²) in [7, 11) is 0. The summed E-state index contributed by atoms with van der Waals surface area (Å²) in [6, 6.07) is 15.8. The number of hydrogen-bond acceptors (Lipinski definition) is 5. The Hall–Kier alpha value is -3.92. The summed E-state index contributed by atoms with van der Waals surface area (Å²) in [5, 5.41) is 11.9. The number of fused-ring (bicyclic) bond motifs is 1. The van der Waals surface area contributed by atoms with Gasteiger partial charge in [0.2, 0.25) is 5.88 Å². The normalized spacial score (nSPS) is 11.0. The lowest BCUT2D eigenvalue weighted by Crippen LogP contribution is -2.25. The fourth-order valence-corrected chi connectivity index (χ4v) is 2.43. The first-order valence-electron chi connectivity index (χ1n) is 8.28. The average molecular weight is 360 g/mol. The number of nitriles is 1. The number of ether oxygens (including phenoxy) is 1. The molecule has 0 saturated carbocycles. The van der Waals surface area contributed by atoms with Gasteiger partial charge in [0.05, 0.1) is 0 Å². The van der Waals surface area contributed by atoms with Gasteiger partial charge < -0.3 is 10.1 Å². The van der Waals surface area contributed by atoms with Crippen molar-refractivity contribution in [3.8, 4) is 17.7 Å². The van der Waals surface area contributed by atoms with Gasteiger partial charge in [0.25, 0.3) is 11.5 Å². The highest BCUT2D eigenvalue weighted by molar-refractivity contribution is 6.01. The molecule has 27 heavy (non-hydrogen) atoms. The summed E-state index contributed by atoms with van der Waals surface area (Å²) in [6.45, 7) is 2.10. The lowest BCUT2D eigenvalue weighted by molar-refractivity contribution is -0.116. The molecule has 0 aliphatic rings. The van der Waals surface area contributed by atoms with Gasteiger partial charge in [-0.1, -0.05) is 24.3 Å². The largest absolute Gasteiger partial charge is 0.438 e. The molecule has 0 bridgehead atoms. The van der Waals surface area contributed by atoms with E-state index in [0.717, 1.165) is 0 Å². The minimum atomic E-state index is -0.566. The second-order valence-electron chi connectivity index (χ2n) is 5.51. The molecule has 134 valence electrons. The maximum atomic E-state index is 12.9. The molecule has 7 nitrogen and oxygen atoms in total. The molecule has 0 unspecified atom stereocenters. The molecular formula is C20H16N4O3. The van der Waals surface area contributed by atoms with E-state index in [2.05, 4.69) is 10.3 Å². The number of nitrogens with one attached hydrogen (secondary N) is 1. The van der Waals surface area contributed by atoms with E-state index < -0.39 is 11.5 Å². The molecule has 0 atom stereocenters. The van der Waals surface area contributed by atoms with Crippen molar-refractivity contribution in [2.24, 2.45) is 0 Å². The molecule has 0 spiro atoms. The van der Waals surface area contributed by atoms with Crippen LogP contribution in [0.25, 0.3) is 11.7 Å². The molecule has 0 fully saturated rings. The van der Waals surface area contributed by atoms with E-state index in [9.17, 15) is 14.9 Å². The quantitative estimate of drug-likeness (QED) is 0.557. The van der Waals surface area contributed by atoms with Gasteiger partial charge in [0.1, 0.15) is 28.6 Å². The molecule has 0 aliphatic heterocycles. The first-order valence-corrected chi connectivity index (χ1v) is 8.28. The SMILES string of the molecule is CCNC(=O)/C(C#N)=C/c1c(Oc2ccccc2)nc2ccccn2c1=O. The second kappa shape index (κ2) is 7.97. The van der Waals surface area contributed by atoms with E-state index in [-0.39, 0.29) is 17.0 Å². The Morgan fingerprint density at radius 1 is 1.26 bits per heavy atom. The third-order valence-electron chi connectivity index (χ3n) is 3.68. The number of carbonyl (C=O) groups excluding carboxylic acids is 1. The minimum absolute atomic E-state index is 0.0188. The number of carbonyl (C=O) groups is 1. The van der Waals surface area contributed by atoms with Crippen LogP contribution in [0.15, 0.2) is 65.1 Å². The predicted octanol–water partition coefficient (Wildman–Crippen LogP) is 2.53. The molecule has 0 aliphatic carbocycles. The van der Waals surface area contributed by atoms with Crippen LogP contribution in [0.1, 0.15) is 12.5 Å². The summed E-state index contributed by atoms with van der Waals surface area (Å²) >= 11 is 0. The molecule has 0 radical (unpaired) electrons. The third kappa shape index (κ3) is 3.85. The average Bonchev–Trinajstić information content (AvgIpc) is 2.69. The highest BCUT2D eigenvalue weighted by atomic mass is 16.5. The number of benzene rings is 1. The first kappa shape index (κ1) is 17.9. The Morgan fingerprint density at radius 3 is 2.70 bits per heavy atom. The van der Waals surface area contributed by atoms with E-state index in [4.69, 9.17) is 4.74 Å². The van der Waals surface area contributed by atoms with E-state index in [1.807, 2.05) is 12.1 Å². The molecule has 1 aromatic carbocycles. The number of aromatic nitrogens is 2. The fourth-order valence-electron chi connectivity index (χ4n) is 2.43. The van der Waals surface area contributed by atoms with Crippen molar-refractivity contribution in [3.63, 3.8) is 0 Å². The molecular weight excluding hydrogens is 344 g/mol. The molecule has 3 aromatic rings. The van der Waals surface area contributed by atoms with Crippen LogP contribution in [0.5, 0.6) is 11.6 Å². The van der Waals surface area contributed by atoms with Gasteiger partial charge in [0, 0.05) is 12.7 Å². The number of para-hydroxylation sites is 1. The summed E-state index contributed by atoms with van der Waals surface area (Å²) in [5.41, 5.74) is -0.236. The first-order chi connectivity index (χ1) is 13.1. The molecule has 0 saturated heterocycles. The van der Waals surface area contributed by atoms with Crippen LogP contribution in [-0.2, 0) is 4.79 Å². The number of rotatable bonds is 5. The summed E-state index contributed by atoms with van der Waals surface area (Å²) in [6.07, 6.45) is 2.77. The van der Waals surface area contributed by atoms with E-state index in [1.54, 1.807) is 55.6 Å². The van der Waals surface area contributed by atoms with Crippen LogP contribution in [0.2, 0.25) is 0 Å². The molecule has 7 heteroatoms. The zero-order valence-electron chi connectivity index (χ0n) is 14.5. The Morgan fingerprint density at radius 2 is 2.00 bits per heavy atom. The molecule has 1 N–H and O–H groups in total. The van der Waals surface area contributed by atoms with Crippen LogP contribution in [0, 0.1) is 11.3 Å². The molecule has 3 rings (SSSR count). The smallest absolute Gasteiger partial charge is 0.269 e. The van der Waals surface area contributed by atoms with Crippen molar-refractivity contribution in [3.05, 3.63) is 76.2 Å². The Balaban J connectivity index is 2.21. The van der Waals surface area contributed by atoms with Gasteiger partial charge in [-0.25, -0.2) is 0 Å². The number of pyridine rings is 1. The maximum absolute atomic E-state index is 12.9. The third-order valence-corrected chi connectivity index (χ3v) is 3.68. The standard InChI is InChI=1S/C20H16N4O3/c1-2-22-18(25)14(13-21)12-16-19(27-15-8-4-3-5-9-15)23-17-10-6-7-11-24(17)20(16)26/h3-12H,2H2,1H3,(H,22,25)/b14-12+. The minimum Gasteiger partial charge on any atom is -0.438 e. The van der Waals surface area contributed by atoms with Gasteiger partial charge in [-0.2, -0.15) is 10.2 Å². The molecule has 1 amide bonds. The molecule has 2 aromatic heterocycles. The Kier molecular flexibility index (Phi) is 5.28. The topological polar surface area (TPSA) is 96.5 Å². The van der Waals surface area contributed by atoms with Crippen molar-refractivity contribution < 1.29 is 9.53 Å². The van der Waals surface area contributed by atoms with Crippen molar-refractivity contribution in [1.29, 1.82) is 5.26 Å². The zero-order chi connectivity index (χ0) is 19.2. The Bertz CT molecular complexity index is 1110. The van der Waals surface area contributed by atoms with Crippen LogP contribution >= 0.6 is 0 Å². The van der Waals surface area contributed by atoms with Crippen molar-refractivity contribution in [1.82, 2.24) is 14.7 Å². The van der Waals surface area contributed by atoms with Crippen molar-refractivity contribution >= 4 is 17.6 Å². The van der Waals surface area contributed by atoms with Gasteiger partial charge in [-0.05, 0) is 37.3 Å². The van der Waals surface area contributed by atoms with E-state index >= 15 is 0 Å². The van der Waals surface area contributed by atoms with Gasteiger partial charge >= 0.3 is 0 Å². The maximum Gasteiger partial charge on any atom is 0.269 e. The van der Waals surface area contributed by atoms with Crippen molar-refractivity contribution in [2.45, 2.75) is 6.92 Å². The number of likely N-dealkylation sites (N-methyl/N-ethyl adjacent to an activating group) is 1. The Labute approximate surface area is 155 Å². The second-order valence-corrected chi connectivity index (χ2v) is 5.51. The number of hydrogen-bond donors (Lipinski definition) is 1. The van der Waals surface area contributed by atoms with Gasteiger partial charge in [0.15, 0.2) is 0 Å². The fraction of sp³-hybridized carbons (Fsp3) is 0.100. The summed E-state index contributed by atoms with van der Waals surface area (Å²) < 4.78 is 7.10. The highest BCUT2D eigenvalue weighted by Gasteiger charge is 2.16. The highest BCUT2D eigenvalue weighted by Crippen LogP contribution is 2.23. The predicted molar refractivity (Wildman–Crippen MR) is 100 cm³/mol. The summed E-state index contributed by atoms with van der Waals surface area (Å²) in [5.74, 6) is -0.0616. The molecule has 2 heterocycles. The van der Waals surface area contributed by atoms with Crippen LogP contribution < -0.4 is 15.6 Å². The lowest BCUT2D eigenvalue weighted by Gasteiger charge is -2.10. The van der Waals surface area contributed by atoms with E-state index in [0.29, 0.717) is 17.9 Å². The van der Waals surface area contributed by atoms with Crippen LogP contribution in [-0.4, -0.2) is 21.8 Å². The number of nitrogens with zero attached hydrogens (tertiary/aromatic N) is 3. The van der Waals surface area contributed by atoms with E-state index in [1.165, 1.54) is 10.5 Å². The number of amides is 1. The van der Waals surface area contributed by atoms with Crippen molar-refractivity contribution in [2.75, 3.05) is 6.54 Å². The van der Waals surface area contributed by atoms with Crippen LogP contribution in [0.4, 0.5) is 0 Å². The van der Waals surface area contributed by atoms with Crippen LogP contribution in [0.3, 0.4) is 0 Å².